The van der Waals surface area contributed by atoms with Crippen LogP contribution in [0, 0.1) is 0 Å². The van der Waals surface area contributed by atoms with Crippen molar-refractivity contribution in [1.29, 1.82) is 0 Å². The fraction of sp³-hybridized carbons (Fsp3) is 0.667. The van der Waals surface area contributed by atoms with Gasteiger partial charge in [0.2, 0.25) is 0 Å². The van der Waals surface area contributed by atoms with E-state index in [1.807, 2.05) is 0 Å². The number of aliphatic hydroxyl groups is 1. The Balaban J connectivity index is 2.26. The van der Waals surface area contributed by atoms with Crippen LogP contribution in [0.15, 0.2) is 16.3 Å². The van der Waals surface area contributed by atoms with Gasteiger partial charge >= 0.3 is 0 Å². The van der Waals surface area contributed by atoms with E-state index in [1.165, 1.54) is 6.42 Å². The summed E-state index contributed by atoms with van der Waals surface area (Å²) in [5.41, 5.74) is 1.40. The van der Waals surface area contributed by atoms with Crippen LogP contribution in [0.3, 0.4) is 0 Å². The zero-order chi connectivity index (χ0) is 10.7. The van der Waals surface area contributed by atoms with Crippen molar-refractivity contribution < 1.29 is 9.90 Å². The van der Waals surface area contributed by atoms with Crippen molar-refractivity contribution in [2.24, 2.45) is 4.99 Å². The molecule has 1 aliphatic carbocycles. The van der Waals surface area contributed by atoms with Gasteiger partial charge < -0.3 is 5.11 Å². The van der Waals surface area contributed by atoms with E-state index in [2.05, 4.69) is 4.99 Å². The van der Waals surface area contributed by atoms with Crippen LogP contribution in [0.5, 0.6) is 0 Å². The molecule has 0 saturated heterocycles. The van der Waals surface area contributed by atoms with E-state index in [0.29, 0.717) is 18.4 Å². The summed E-state index contributed by atoms with van der Waals surface area (Å²) in [5, 5.41) is 9.76. The van der Waals surface area contributed by atoms with Crippen LogP contribution in [-0.4, -0.2) is 23.1 Å². The highest BCUT2D eigenvalue weighted by molar-refractivity contribution is 6.23. The Kier molecular flexibility index (Phi) is 3.19. The maximum absolute atomic E-state index is 11.7. The molecule has 0 aromatic rings. The molecule has 0 spiro atoms. The van der Waals surface area contributed by atoms with Gasteiger partial charge in [0.1, 0.15) is 5.76 Å². The number of aliphatic hydroxyl groups excluding tert-OH is 1. The van der Waals surface area contributed by atoms with Gasteiger partial charge in [-0.25, -0.2) is 0 Å². The average Bonchev–Trinajstić information content (AvgIpc) is 2.46. The van der Waals surface area contributed by atoms with Crippen LogP contribution in [0.2, 0.25) is 0 Å². The van der Waals surface area contributed by atoms with Gasteiger partial charge in [-0.15, -0.1) is 0 Å². The smallest absolute Gasteiger partial charge is 0.168 e. The molecule has 0 aromatic heterocycles. The zero-order valence-electron chi connectivity index (χ0n) is 8.96. The highest BCUT2D eigenvalue weighted by Crippen LogP contribution is 2.24. The minimum Gasteiger partial charge on any atom is -0.511 e. The molecule has 0 radical (unpaired) electrons. The monoisotopic (exact) mass is 207 g/mol. The highest BCUT2D eigenvalue weighted by atomic mass is 16.3. The third-order valence-electron chi connectivity index (χ3n) is 3.05. The first-order chi connectivity index (χ1) is 7.29. The fourth-order valence-corrected chi connectivity index (χ4v) is 2.23. The number of ketones is 1. The van der Waals surface area contributed by atoms with Crippen LogP contribution >= 0.6 is 0 Å². The summed E-state index contributed by atoms with van der Waals surface area (Å²) in [6, 6.07) is 0. The van der Waals surface area contributed by atoms with E-state index in [-0.39, 0.29) is 11.5 Å². The molecule has 3 heteroatoms. The first-order valence-electron chi connectivity index (χ1n) is 5.78. The van der Waals surface area contributed by atoms with E-state index in [0.717, 1.165) is 37.9 Å². The van der Waals surface area contributed by atoms with Crippen molar-refractivity contribution in [3.63, 3.8) is 0 Å². The van der Waals surface area contributed by atoms with Crippen LogP contribution in [0.25, 0.3) is 0 Å². The number of allylic oxidation sites excluding steroid dienone is 2. The van der Waals surface area contributed by atoms with Crippen LogP contribution in [0.1, 0.15) is 44.9 Å². The Bertz CT molecular complexity index is 329. The molecule has 3 nitrogen and oxygen atoms in total. The molecule has 0 aromatic carbocycles. The molecular formula is C12H17NO2. The Morgan fingerprint density at radius 2 is 1.87 bits per heavy atom. The lowest BCUT2D eigenvalue weighted by atomic mass is 9.91. The van der Waals surface area contributed by atoms with E-state index in [1.54, 1.807) is 0 Å². The number of carbonyl (C=O) groups is 1. The second-order valence-corrected chi connectivity index (χ2v) is 4.24. The summed E-state index contributed by atoms with van der Waals surface area (Å²) in [7, 11) is 0. The van der Waals surface area contributed by atoms with Gasteiger partial charge in [-0.1, -0.05) is 6.42 Å². The van der Waals surface area contributed by atoms with Crippen molar-refractivity contribution in [3.8, 4) is 0 Å². The Labute approximate surface area is 89.9 Å². The maximum atomic E-state index is 11.7. The molecule has 0 atom stereocenters. The first kappa shape index (κ1) is 10.4. The second-order valence-electron chi connectivity index (χ2n) is 4.24. The van der Waals surface area contributed by atoms with Gasteiger partial charge in [0.25, 0.3) is 0 Å². The molecule has 1 aliphatic heterocycles. The lowest BCUT2D eigenvalue weighted by molar-refractivity contribution is -0.115. The fourth-order valence-electron chi connectivity index (χ4n) is 2.23. The SMILES string of the molecule is O=C1CCCC(O)=C1C1=NCCCCC1. The summed E-state index contributed by atoms with van der Waals surface area (Å²) in [6.45, 7) is 0.805. The Morgan fingerprint density at radius 1 is 1.00 bits per heavy atom. The minimum atomic E-state index is 0.0828. The predicted octanol–water partition coefficient (Wildman–Crippen LogP) is 2.57. The Morgan fingerprint density at radius 3 is 2.67 bits per heavy atom. The lowest BCUT2D eigenvalue weighted by Crippen LogP contribution is -2.19. The standard InChI is InChI=1S/C12H17NO2/c14-10-6-4-7-11(15)12(10)9-5-2-1-3-8-13-9/h14H,1-8H2. The summed E-state index contributed by atoms with van der Waals surface area (Å²) < 4.78 is 0. The maximum Gasteiger partial charge on any atom is 0.168 e. The average molecular weight is 207 g/mol. The third kappa shape index (κ3) is 2.28. The minimum absolute atomic E-state index is 0.0828. The van der Waals surface area contributed by atoms with Gasteiger partial charge in [0, 0.05) is 25.1 Å². The van der Waals surface area contributed by atoms with E-state index >= 15 is 0 Å². The molecule has 1 heterocycles. The molecule has 82 valence electrons. The number of hydrogen-bond acceptors (Lipinski definition) is 3. The predicted molar refractivity (Wildman–Crippen MR) is 59.3 cm³/mol. The number of Topliss-reactive ketones (excluding diaryl/α,β-unsaturated/α-hetero) is 1. The third-order valence-corrected chi connectivity index (χ3v) is 3.05. The normalized spacial score (nSPS) is 23.7. The second kappa shape index (κ2) is 4.60. The van der Waals surface area contributed by atoms with Crippen LogP contribution in [0.4, 0.5) is 0 Å². The quantitative estimate of drug-likeness (QED) is 0.718. The summed E-state index contributed by atoms with van der Waals surface area (Å²) in [4.78, 5) is 16.1. The summed E-state index contributed by atoms with van der Waals surface area (Å²) in [5.74, 6) is 0.353. The largest absolute Gasteiger partial charge is 0.511 e. The number of nitrogens with zero attached hydrogens (tertiary/aromatic N) is 1. The van der Waals surface area contributed by atoms with Gasteiger partial charge in [-0.3, -0.25) is 9.79 Å². The number of carbonyl (C=O) groups excluding carboxylic acids is 1. The topological polar surface area (TPSA) is 49.7 Å². The van der Waals surface area contributed by atoms with E-state index in [4.69, 9.17) is 0 Å². The van der Waals surface area contributed by atoms with Gasteiger partial charge in [0.15, 0.2) is 5.78 Å². The molecule has 15 heavy (non-hydrogen) atoms. The molecule has 0 amide bonds. The van der Waals surface area contributed by atoms with Gasteiger partial charge in [-0.2, -0.15) is 0 Å². The summed E-state index contributed by atoms with van der Waals surface area (Å²) in [6.07, 6.45) is 6.20. The highest BCUT2D eigenvalue weighted by Gasteiger charge is 2.24. The van der Waals surface area contributed by atoms with E-state index < -0.39 is 0 Å². The first-order valence-corrected chi connectivity index (χ1v) is 5.78. The van der Waals surface area contributed by atoms with Crippen molar-refractivity contribution in [1.82, 2.24) is 0 Å². The van der Waals surface area contributed by atoms with Crippen LogP contribution in [-0.2, 0) is 4.79 Å². The van der Waals surface area contributed by atoms with Gasteiger partial charge in [0.05, 0.1) is 5.57 Å². The van der Waals surface area contributed by atoms with Gasteiger partial charge in [-0.05, 0) is 25.7 Å². The number of aliphatic imine (C=N–C) groups is 1. The molecular weight excluding hydrogens is 190 g/mol. The molecule has 2 aliphatic rings. The molecule has 0 saturated carbocycles. The Hall–Kier alpha value is -1.12. The number of rotatable bonds is 1. The summed E-state index contributed by atoms with van der Waals surface area (Å²) >= 11 is 0. The lowest BCUT2D eigenvalue weighted by Gasteiger charge is -2.16. The zero-order valence-corrected chi connectivity index (χ0v) is 8.96. The van der Waals surface area contributed by atoms with E-state index in [9.17, 15) is 9.90 Å². The molecule has 0 bridgehead atoms. The van der Waals surface area contributed by atoms with Crippen molar-refractivity contribution in [2.45, 2.75) is 44.9 Å². The van der Waals surface area contributed by atoms with Crippen LogP contribution < -0.4 is 0 Å². The van der Waals surface area contributed by atoms with Crippen molar-refractivity contribution in [3.05, 3.63) is 11.3 Å². The molecule has 1 N–H and O–H groups in total. The molecule has 0 fully saturated rings. The molecule has 2 rings (SSSR count). The molecule has 0 unspecified atom stereocenters. The van der Waals surface area contributed by atoms with Crippen molar-refractivity contribution >= 4 is 11.5 Å². The number of hydrogen-bond donors (Lipinski definition) is 1. The van der Waals surface area contributed by atoms with Crippen molar-refractivity contribution in [2.75, 3.05) is 6.54 Å².